The van der Waals surface area contributed by atoms with Crippen molar-refractivity contribution in [3.05, 3.63) is 53.6 Å². The average molecular weight is 249 g/mol. The summed E-state index contributed by atoms with van der Waals surface area (Å²) in [5.74, 6) is -2.90. The maximum atomic E-state index is 12.9. The van der Waals surface area contributed by atoms with Gasteiger partial charge >= 0.3 is 5.97 Å². The van der Waals surface area contributed by atoms with Crippen LogP contribution in [0.2, 0.25) is 0 Å². The zero-order chi connectivity index (χ0) is 13.5. The molecule has 0 fully saturated rings. The second-order valence-corrected chi connectivity index (χ2v) is 3.23. The molecule has 1 aromatic rings. The van der Waals surface area contributed by atoms with Crippen LogP contribution in [0.1, 0.15) is 5.56 Å². The fraction of sp³-hybridized carbons (Fsp3) is 0.0769. The summed E-state index contributed by atoms with van der Waals surface area (Å²) < 4.78 is 30.3. The van der Waals surface area contributed by atoms with Crippen molar-refractivity contribution in [2.24, 2.45) is 0 Å². The molecule has 0 aliphatic heterocycles. The summed E-state index contributed by atoms with van der Waals surface area (Å²) in [7, 11) is 0. The van der Waals surface area contributed by atoms with Gasteiger partial charge in [-0.1, -0.05) is 18.7 Å². The average Bonchev–Trinajstić information content (AvgIpc) is 2.37. The first-order valence-electron chi connectivity index (χ1n) is 4.93. The van der Waals surface area contributed by atoms with Crippen LogP contribution in [0.4, 0.5) is 8.78 Å². The van der Waals surface area contributed by atoms with Gasteiger partial charge in [-0.05, 0) is 23.8 Å². The predicted molar refractivity (Wildman–Crippen MR) is 61.1 cm³/mol. The minimum Gasteiger partial charge on any atom is -0.457 e. The first-order valence-corrected chi connectivity index (χ1v) is 4.93. The maximum Gasteiger partial charge on any atom is 0.349 e. The molecule has 0 radical (unpaired) electrons. The van der Waals surface area contributed by atoms with E-state index in [1.54, 1.807) is 6.07 Å². The second kappa shape index (κ2) is 6.30. The van der Waals surface area contributed by atoms with Crippen molar-refractivity contribution in [1.29, 1.82) is 5.26 Å². The molecule has 3 nitrogen and oxygen atoms in total. The predicted octanol–water partition coefficient (Wildman–Crippen LogP) is 2.60. The van der Waals surface area contributed by atoms with Gasteiger partial charge in [-0.15, -0.1) is 0 Å². The molecule has 0 spiro atoms. The van der Waals surface area contributed by atoms with Gasteiger partial charge in [-0.3, -0.25) is 0 Å². The van der Waals surface area contributed by atoms with Gasteiger partial charge in [0.15, 0.2) is 11.6 Å². The number of ether oxygens (including phenoxy) is 1. The van der Waals surface area contributed by atoms with Gasteiger partial charge in [0, 0.05) is 0 Å². The van der Waals surface area contributed by atoms with Crippen LogP contribution >= 0.6 is 0 Å². The molecule has 1 aromatic carbocycles. The van der Waals surface area contributed by atoms with E-state index in [9.17, 15) is 13.6 Å². The Kier molecular flexibility index (Phi) is 4.76. The van der Waals surface area contributed by atoms with E-state index in [2.05, 4.69) is 11.3 Å². The number of carbonyl (C=O) groups is 1. The monoisotopic (exact) mass is 249 g/mol. The van der Waals surface area contributed by atoms with Gasteiger partial charge in [0.25, 0.3) is 0 Å². The third kappa shape index (κ3) is 3.52. The zero-order valence-electron chi connectivity index (χ0n) is 9.32. The van der Waals surface area contributed by atoms with Crippen LogP contribution in [0.3, 0.4) is 0 Å². The Morgan fingerprint density at radius 1 is 1.44 bits per heavy atom. The molecule has 0 saturated heterocycles. The molecule has 18 heavy (non-hydrogen) atoms. The van der Waals surface area contributed by atoms with Crippen LogP contribution in [0.15, 0.2) is 36.4 Å². The summed E-state index contributed by atoms with van der Waals surface area (Å²) in [6, 6.07) is 4.67. The third-order valence-electron chi connectivity index (χ3n) is 1.93. The van der Waals surface area contributed by atoms with E-state index in [0.717, 1.165) is 18.2 Å². The lowest BCUT2D eigenvalue weighted by Gasteiger charge is -2.00. The molecule has 0 atom stereocenters. The van der Waals surface area contributed by atoms with Gasteiger partial charge in [0.05, 0.1) is 0 Å². The topological polar surface area (TPSA) is 50.1 Å². The fourth-order valence-electron chi connectivity index (χ4n) is 1.12. The molecular weight excluding hydrogens is 240 g/mol. The molecule has 5 heteroatoms. The molecule has 92 valence electrons. The summed E-state index contributed by atoms with van der Waals surface area (Å²) in [6.45, 7) is 3.32. The summed E-state index contributed by atoms with van der Waals surface area (Å²) in [5, 5.41) is 8.77. The number of hydrogen-bond donors (Lipinski definition) is 0. The summed E-state index contributed by atoms with van der Waals surface area (Å²) in [6.07, 6.45) is 2.47. The van der Waals surface area contributed by atoms with Gasteiger partial charge in [0.1, 0.15) is 18.2 Å². The van der Waals surface area contributed by atoms with Crippen molar-refractivity contribution in [2.45, 2.75) is 0 Å². The molecule has 0 bridgehead atoms. The number of nitrogens with zero attached hydrogens (tertiary/aromatic N) is 1. The number of benzene rings is 1. The quantitative estimate of drug-likeness (QED) is 0.356. The van der Waals surface area contributed by atoms with E-state index in [4.69, 9.17) is 5.26 Å². The van der Waals surface area contributed by atoms with E-state index in [1.165, 1.54) is 12.1 Å². The number of nitriles is 1. The summed E-state index contributed by atoms with van der Waals surface area (Å²) in [5.41, 5.74) is -0.108. The number of carbonyl (C=O) groups excluding carboxylic acids is 1. The normalized spacial score (nSPS) is 10.6. The molecular formula is C13H9F2NO2. The van der Waals surface area contributed by atoms with Crippen molar-refractivity contribution in [3.8, 4) is 6.07 Å². The van der Waals surface area contributed by atoms with Gasteiger partial charge in [-0.25, -0.2) is 13.6 Å². The van der Waals surface area contributed by atoms with Crippen LogP contribution in [0.25, 0.3) is 6.08 Å². The van der Waals surface area contributed by atoms with Crippen LogP contribution in [0.5, 0.6) is 0 Å². The molecule has 0 unspecified atom stereocenters. The van der Waals surface area contributed by atoms with Crippen molar-refractivity contribution >= 4 is 12.0 Å². The van der Waals surface area contributed by atoms with Crippen LogP contribution in [-0.2, 0) is 9.53 Å². The van der Waals surface area contributed by atoms with E-state index in [-0.39, 0.29) is 17.7 Å². The Bertz CT molecular complexity index is 544. The first kappa shape index (κ1) is 13.6. The zero-order valence-corrected chi connectivity index (χ0v) is 9.32. The highest BCUT2D eigenvalue weighted by molar-refractivity contribution is 5.97. The highest BCUT2D eigenvalue weighted by atomic mass is 19.2. The highest BCUT2D eigenvalue weighted by Crippen LogP contribution is 2.12. The fourth-order valence-corrected chi connectivity index (χ4v) is 1.12. The van der Waals surface area contributed by atoms with Gasteiger partial charge < -0.3 is 4.74 Å². The number of rotatable bonds is 4. The molecule has 0 amide bonds. The molecule has 0 aromatic heterocycles. The maximum absolute atomic E-state index is 12.9. The standard InChI is InChI=1S/C13H9F2NO2/c1-2-5-18-13(17)10(8-16)6-9-3-4-11(14)12(15)7-9/h2-4,6-7H,1,5H2. The SMILES string of the molecule is C=CCOC(=O)C(C#N)=Cc1ccc(F)c(F)c1. The van der Waals surface area contributed by atoms with Crippen LogP contribution < -0.4 is 0 Å². The Balaban J connectivity index is 2.97. The minimum absolute atomic E-state index is 0.0321. The number of esters is 1. The van der Waals surface area contributed by atoms with Crippen LogP contribution in [-0.4, -0.2) is 12.6 Å². The Morgan fingerprint density at radius 3 is 2.72 bits per heavy atom. The van der Waals surface area contributed by atoms with Crippen molar-refractivity contribution in [2.75, 3.05) is 6.61 Å². The van der Waals surface area contributed by atoms with E-state index in [0.29, 0.717) is 0 Å². The number of halogens is 2. The molecule has 1 rings (SSSR count). The minimum atomic E-state index is -1.06. The van der Waals surface area contributed by atoms with Gasteiger partial charge in [-0.2, -0.15) is 5.26 Å². The Hall–Kier alpha value is -2.48. The summed E-state index contributed by atoms with van der Waals surface area (Å²) >= 11 is 0. The van der Waals surface area contributed by atoms with Crippen molar-refractivity contribution in [1.82, 2.24) is 0 Å². The van der Waals surface area contributed by atoms with E-state index >= 15 is 0 Å². The van der Waals surface area contributed by atoms with E-state index < -0.39 is 17.6 Å². The number of hydrogen-bond acceptors (Lipinski definition) is 3. The summed E-state index contributed by atoms with van der Waals surface area (Å²) in [4.78, 5) is 11.4. The van der Waals surface area contributed by atoms with Gasteiger partial charge in [0.2, 0.25) is 0 Å². The molecule has 0 N–H and O–H groups in total. The molecule has 0 aliphatic carbocycles. The first-order chi connectivity index (χ1) is 8.58. The Morgan fingerprint density at radius 2 is 2.17 bits per heavy atom. The molecule has 0 aliphatic rings. The highest BCUT2D eigenvalue weighted by Gasteiger charge is 2.10. The molecule has 0 heterocycles. The largest absolute Gasteiger partial charge is 0.457 e. The second-order valence-electron chi connectivity index (χ2n) is 3.23. The van der Waals surface area contributed by atoms with Crippen molar-refractivity contribution in [3.63, 3.8) is 0 Å². The lowest BCUT2D eigenvalue weighted by molar-refractivity contribution is -0.137. The molecule has 0 saturated carbocycles. The van der Waals surface area contributed by atoms with Crippen molar-refractivity contribution < 1.29 is 18.3 Å². The third-order valence-corrected chi connectivity index (χ3v) is 1.93. The lowest BCUT2D eigenvalue weighted by Crippen LogP contribution is -2.06. The smallest absolute Gasteiger partial charge is 0.349 e. The van der Waals surface area contributed by atoms with Crippen LogP contribution in [0, 0.1) is 23.0 Å². The van der Waals surface area contributed by atoms with E-state index in [1.807, 2.05) is 0 Å². The lowest BCUT2D eigenvalue weighted by atomic mass is 10.1. The Labute approximate surface area is 103 Å².